The van der Waals surface area contributed by atoms with Gasteiger partial charge in [0.25, 0.3) is 5.91 Å². The van der Waals surface area contributed by atoms with Crippen molar-refractivity contribution in [2.24, 2.45) is 0 Å². The lowest BCUT2D eigenvalue weighted by Crippen LogP contribution is -2.14. The summed E-state index contributed by atoms with van der Waals surface area (Å²) in [5.41, 5.74) is 2.19. The molecule has 1 heterocycles. The van der Waals surface area contributed by atoms with E-state index in [-0.39, 0.29) is 11.8 Å². The van der Waals surface area contributed by atoms with Crippen LogP contribution in [0.4, 0.5) is 10.8 Å². The van der Waals surface area contributed by atoms with E-state index in [0.717, 1.165) is 17.0 Å². The monoisotopic (exact) mass is 380 g/mol. The van der Waals surface area contributed by atoms with Gasteiger partial charge in [-0.1, -0.05) is 54.7 Å². The van der Waals surface area contributed by atoms with E-state index < -0.39 is 0 Å². The molecule has 0 aliphatic carbocycles. The fourth-order valence-corrected chi connectivity index (χ4v) is 3.27. The van der Waals surface area contributed by atoms with E-state index in [9.17, 15) is 9.59 Å². The number of hydrogen-bond donors (Lipinski definition) is 2. The Labute approximate surface area is 161 Å². The minimum absolute atomic E-state index is 0.0651. The van der Waals surface area contributed by atoms with Gasteiger partial charge in [-0.05, 0) is 30.2 Å². The summed E-state index contributed by atoms with van der Waals surface area (Å²) in [6.45, 7) is 1.94. The normalized spacial score (nSPS) is 10.4. The summed E-state index contributed by atoms with van der Waals surface area (Å²) in [4.78, 5) is 24.2. The van der Waals surface area contributed by atoms with Crippen molar-refractivity contribution in [3.8, 4) is 0 Å². The first-order valence-corrected chi connectivity index (χ1v) is 9.53. The van der Waals surface area contributed by atoms with Gasteiger partial charge in [0, 0.05) is 24.1 Å². The number of rotatable bonds is 7. The zero-order chi connectivity index (χ0) is 19.1. The molecule has 0 saturated carbocycles. The second kappa shape index (κ2) is 9.05. The van der Waals surface area contributed by atoms with Gasteiger partial charge in [0.2, 0.25) is 11.0 Å². The number of carbonyl (C=O) groups is 2. The number of aromatic nitrogens is 2. The molecule has 1 aromatic heterocycles. The summed E-state index contributed by atoms with van der Waals surface area (Å²) >= 11 is 1.35. The molecular formula is C20H20N4O2S. The Balaban J connectivity index is 1.63. The number of nitrogens with zero attached hydrogens (tertiary/aromatic N) is 2. The lowest BCUT2D eigenvalue weighted by molar-refractivity contribution is -0.116. The van der Waals surface area contributed by atoms with Gasteiger partial charge in [-0.25, -0.2) is 0 Å². The molecule has 0 fully saturated rings. The molecule has 0 radical (unpaired) electrons. The highest BCUT2D eigenvalue weighted by molar-refractivity contribution is 7.15. The van der Waals surface area contributed by atoms with Crippen molar-refractivity contribution in [2.75, 3.05) is 10.6 Å². The predicted octanol–water partition coefficient (Wildman–Crippen LogP) is 4.12. The number of anilines is 2. The zero-order valence-corrected chi connectivity index (χ0v) is 15.8. The van der Waals surface area contributed by atoms with E-state index in [0.29, 0.717) is 29.2 Å². The van der Waals surface area contributed by atoms with Crippen molar-refractivity contribution in [1.29, 1.82) is 0 Å². The molecule has 2 N–H and O–H groups in total. The maximum atomic E-state index is 12.5. The molecule has 27 heavy (non-hydrogen) atoms. The average molecular weight is 380 g/mol. The zero-order valence-electron chi connectivity index (χ0n) is 14.9. The molecule has 2 aromatic carbocycles. The fraction of sp³-hybridized carbons (Fsp3) is 0.200. The van der Waals surface area contributed by atoms with Crippen LogP contribution in [0.3, 0.4) is 0 Å². The fourth-order valence-electron chi connectivity index (χ4n) is 2.50. The minimum Gasteiger partial charge on any atom is -0.326 e. The molecule has 0 atom stereocenters. The lowest BCUT2D eigenvalue weighted by atomic mass is 10.2. The third-order valence-corrected chi connectivity index (χ3v) is 4.61. The van der Waals surface area contributed by atoms with E-state index in [2.05, 4.69) is 20.8 Å². The predicted molar refractivity (Wildman–Crippen MR) is 107 cm³/mol. The van der Waals surface area contributed by atoms with Gasteiger partial charge in [0.15, 0.2) is 0 Å². The van der Waals surface area contributed by atoms with Crippen LogP contribution in [0.5, 0.6) is 0 Å². The molecule has 0 aliphatic rings. The Bertz CT molecular complexity index is 924. The van der Waals surface area contributed by atoms with E-state index in [4.69, 9.17) is 0 Å². The third-order valence-electron chi connectivity index (χ3n) is 3.77. The molecule has 0 spiro atoms. The number of hydrogen-bond acceptors (Lipinski definition) is 5. The number of amides is 2. The summed E-state index contributed by atoms with van der Waals surface area (Å²) in [5.74, 6) is -0.353. The van der Waals surface area contributed by atoms with Crippen LogP contribution >= 0.6 is 11.3 Å². The average Bonchev–Trinajstić information content (AvgIpc) is 3.09. The Morgan fingerprint density at radius 2 is 1.81 bits per heavy atom. The van der Waals surface area contributed by atoms with Crippen LogP contribution in [0, 0.1) is 0 Å². The van der Waals surface area contributed by atoms with Crippen molar-refractivity contribution in [3.63, 3.8) is 0 Å². The summed E-state index contributed by atoms with van der Waals surface area (Å²) < 4.78 is 0. The van der Waals surface area contributed by atoms with Crippen molar-refractivity contribution in [1.82, 2.24) is 10.2 Å². The highest BCUT2D eigenvalue weighted by Crippen LogP contribution is 2.20. The van der Waals surface area contributed by atoms with Gasteiger partial charge in [-0.3, -0.25) is 14.9 Å². The second-order valence-electron chi connectivity index (χ2n) is 6.00. The Morgan fingerprint density at radius 3 is 2.59 bits per heavy atom. The van der Waals surface area contributed by atoms with Crippen LogP contribution in [0.25, 0.3) is 0 Å². The lowest BCUT2D eigenvalue weighted by Gasteiger charge is -2.06. The summed E-state index contributed by atoms with van der Waals surface area (Å²) in [7, 11) is 0. The van der Waals surface area contributed by atoms with Crippen molar-refractivity contribution in [3.05, 3.63) is 70.7 Å². The smallest absolute Gasteiger partial charge is 0.257 e. The van der Waals surface area contributed by atoms with Crippen LogP contribution in [0.1, 0.15) is 40.7 Å². The molecule has 0 saturated heterocycles. The Morgan fingerprint density at radius 1 is 1.00 bits per heavy atom. The van der Waals surface area contributed by atoms with Crippen LogP contribution in [0.15, 0.2) is 54.6 Å². The van der Waals surface area contributed by atoms with E-state index in [1.54, 1.807) is 24.3 Å². The topological polar surface area (TPSA) is 84.0 Å². The molecule has 6 nitrogen and oxygen atoms in total. The Hall–Kier alpha value is -3.06. The van der Waals surface area contributed by atoms with Gasteiger partial charge >= 0.3 is 0 Å². The van der Waals surface area contributed by atoms with Crippen molar-refractivity contribution >= 4 is 34.0 Å². The van der Waals surface area contributed by atoms with Gasteiger partial charge in [-0.15, -0.1) is 10.2 Å². The first-order chi connectivity index (χ1) is 13.1. The van der Waals surface area contributed by atoms with Crippen LogP contribution in [-0.4, -0.2) is 22.0 Å². The quantitative estimate of drug-likeness (QED) is 0.646. The van der Waals surface area contributed by atoms with Gasteiger partial charge in [-0.2, -0.15) is 0 Å². The molecule has 2 amide bonds. The molecular weight excluding hydrogens is 360 g/mol. The summed E-state index contributed by atoms with van der Waals surface area (Å²) in [6, 6.07) is 16.8. The first kappa shape index (κ1) is 18.7. The molecule has 138 valence electrons. The van der Waals surface area contributed by atoms with Crippen LogP contribution in [-0.2, 0) is 11.2 Å². The molecule has 0 aliphatic heterocycles. The van der Waals surface area contributed by atoms with E-state index in [1.165, 1.54) is 11.3 Å². The first-order valence-electron chi connectivity index (χ1n) is 8.71. The maximum absolute atomic E-state index is 12.5. The molecule has 0 unspecified atom stereocenters. The van der Waals surface area contributed by atoms with Gasteiger partial charge in [0.1, 0.15) is 5.01 Å². The molecule has 7 heteroatoms. The Kier molecular flexibility index (Phi) is 6.27. The SMILES string of the molecule is CCCC(=O)Nc1cccc(C(=O)Nc2nnc(Cc3ccccc3)s2)c1. The minimum atomic E-state index is -0.288. The van der Waals surface area contributed by atoms with Crippen molar-refractivity contribution in [2.45, 2.75) is 26.2 Å². The summed E-state index contributed by atoms with van der Waals surface area (Å²) in [5, 5.41) is 15.0. The molecule has 0 bridgehead atoms. The standard InChI is InChI=1S/C20H20N4O2S/c1-2-7-17(25)21-16-11-6-10-15(13-16)19(26)22-20-24-23-18(27-20)12-14-8-4-3-5-9-14/h3-6,8-11,13H,2,7,12H2,1H3,(H,21,25)(H,22,24,26). The maximum Gasteiger partial charge on any atom is 0.257 e. The number of nitrogens with one attached hydrogen (secondary N) is 2. The molecule has 3 rings (SSSR count). The summed E-state index contributed by atoms with van der Waals surface area (Å²) in [6.07, 6.45) is 1.90. The number of benzene rings is 2. The third kappa shape index (κ3) is 5.46. The molecule has 3 aromatic rings. The van der Waals surface area contributed by atoms with Crippen LogP contribution in [0.2, 0.25) is 0 Å². The second-order valence-corrected chi connectivity index (χ2v) is 7.06. The van der Waals surface area contributed by atoms with Gasteiger partial charge < -0.3 is 5.32 Å². The highest BCUT2D eigenvalue weighted by Gasteiger charge is 2.12. The van der Waals surface area contributed by atoms with E-state index >= 15 is 0 Å². The largest absolute Gasteiger partial charge is 0.326 e. The van der Waals surface area contributed by atoms with E-state index in [1.807, 2.05) is 37.3 Å². The highest BCUT2D eigenvalue weighted by atomic mass is 32.1. The van der Waals surface area contributed by atoms with Gasteiger partial charge in [0.05, 0.1) is 0 Å². The van der Waals surface area contributed by atoms with Crippen LogP contribution < -0.4 is 10.6 Å². The number of carbonyl (C=O) groups excluding carboxylic acids is 2. The van der Waals surface area contributed by atoms with Crippen molar-refractivity contribution < 1.29 is 9.59 Å².